The van der Waals surface area contributed by atoms with E-state index in [1.54, 1.807) is 0 Å². The van der Waals surface area contributed by atoms with E-state index in [1.807, 2.05) is 29.2 Å². The minimum absolute atomic E-state index is 0.213. The number of aryl methyl sites for hydroxylation is 1. The molecule has 1 N–H and O–H groups in total. The van der Waals surface area contributed by atoms with E-state index in [1.165, 1.54) is 17.7 Å². The van der Waals surface area contributed by atoms with Crippen LogP contribution in [0.4, 0.5) is 4.39 Å². The van der Waals surface area contributed by atoms with Gasteiger partial charge < -0.3 is 0 Å². The number of nitrogens with one attached hydrogen (secondary N) is 1. The second-order valence-corrected chi connectivity index (χ2v) is 6.98. The average Bonchev–Trinajstić information content (AvgIpc) is 3.32. The van der Waals surface area contributed by atoms with E-state index in [2.05, 4.69) is 33.3 Å². The average molecular weight is 353 g/mol. The van der Waals surface area contributed by atoms with Crippen molar-refractivity contribution in [2.75, 3.05) is 13.1 Å². The van der Waals surface area contributed by atoms with Crippen LogP contribution in [0.5, 0.6) is 0 Å². The number of rotatable bonds is 5. The summed E-state index contributed by atoms with van der Waals surface area (Å²) in [6.07, 6.45) is 8.25. The van der Waals surface area contributed by atoms with E-state index in [-0.39, 0.29) is 5.82 Å². The van der Waals surface area contributed by atoms with Crippen molar-refractivity contribution in [3.63, 3.8) is 0 Å². The van der Waals surface area contributed by atoms with Gasteiger partial charge in [0.15, 0.2) is 0 Å². The summed E-state index contributed by atoms with van der Waals surface area (Å²) >= 11 is 0. The number of likely N-dealkylation sites (tertiary alicyclic amines) is 1. The second kappa shape index (κ2) is 7.41. The number of hydrogen-bond acceptors (Lipinski definition) is 3. The highest BCUT2D eigenvalue weighted by molar-refractivity contribution is 5.65. The standard InChI is InChI=1S/C20H24FN5/c1-2-26-13-15(10-23-26)12-25-9-3-4-17(14-25)20-19(11-22-24-20)16-5-7-18(21)8-6-16/h5-8,10-11,13,17H,2-4,9,12,14H2,1H3,(H,22,24)/t17-/m1/s1. The molecule has 26 heavy (non-hydrogen) atoms. The van der Waals surface area contributed by atoms with Crippen LogP contribution in [0.15, 0.2) is 42.9 Å². The molecule has 0 unspecified atom stereocenters. The fourth-order valence-electron chi connectivity index (χ4n) is 3.82. The number of hydrogen-bond donors (Lipinski definition) is 1. The van der Waals surface area contributed by atoms with Gasteiger partial charge >= 0.3 is 0 Å². The zero-order chi connectivity index (χ0) is 17.9. The van der Waals surface area contributed by atoms with Crippen molar-refractivity contribution in [3.05, 3.63) is 59.9 Å². The molecule has 0 aliphatic carbocycles. The number of piperidine rings is 1. The number of aromatic amines is 1. The molecule has 0 amide bonds. The topological polar surface area (TPSA) is 49.7 Å². The van der Waals surface area contributed by atoms with E-state index in [4.69, 9.17) is 0 Å². The van der Waals surface area contributed by atoms with E-state index >= 15 is 0 Å². The quantitative estimate of drug-likeness (QED) is 0.759. The first-order chi connectivity index (χ1) is 12.7. The van der Waals surface area contributed by atoms with Crippen molar-refractivity contribution in [1.29, 1.82) is 0 Å². The van der Waals surface area contributed by atoms with Crippen LogP contribution in [0.2, 0.25) is 0 Å². The minimum atomic E-state index is -0.213. The summed E-state index contributed by atoms with van der Waals surface area (Å²) in [7, 11) is 0. The first-order valence-corrected chi connectivity index (χ1v) is 9.26. The third kappa shape index (κ3) is 3.55. The van der Waals surface area contributed by atoms with E-state index < -0.39 is 0 Å². The molecule has 1 fully saturated rings. The van der Waals surface area contributed by atoms with Gasteiger partial charge in [0.05, 0.1) is 12.4 Å². The van der Waals surface area contributed by atoms with Crippen LogP contribution in [-0.2, 0) is 13.1 Å². The molecule has 2 aromatic heterocycles. The lowest BCUT2D eigenvalue weighted by atomic mass is 9.90. The summed E-state index contributed by atoms with van der Waals surface area (Å²) in [4.78, 5) is 2.49. The fourth-order valence-corrected chi connectivity index (χ4v) is 3.82. The molecule has 3 heterocycles. The molecule has 1 saturated heterocycles. The number of benzene rings is 1. The molecule has 5 nitrogen and oxygen atoms in total. The predicted molar refractivity (Wildman–Crippen MR) is 99.1 cm³/mol. The normalized spacial score (nSPS) is 18.3. The first-order valence-electron chi connectivity index (χ1n) is 9.26. The van der Waals surface area contributed by atoms with Gasteiger partial charge in [-0.25, -0.2) is 4.39 Å². The SMILES string of the molecule is CCn1cc(CN2CCC[C@@H](c3[nH]ncc3-c3ccc(F)cc3)C2)cn1. The number of H-pyrrole nitrogens is 1. The van der Waals surface area contributed by atoms with Gasteiger partial charge in [-0.1, -0.05) is 12.1 Å². The third-order valence-corrected chi connectivity index (χ3v) is 5.15. The lowest BCUT2D eigenvalue weighted by Crippen LogP contribution is -2.34. The van der Waals surface area contributed by atoms with Gasteiger partial charge in [-0.15, -0.1) is 0 Å². The van der Waals surface area contributed by atoms with Gasteiger partial charge in [0.2, 0.25) is 0 Å². The maximum Gasteiger partial charge on any atom is 0.123 e. The Kier molecular flexibility index (Phi) is 4.84. The molecule has 4 rings (SSSR count). The molecule has 6 heteroatoms. The Bertz CT molecular complexity index is 851. The van der Waals surface area contributed by atoms with Crippen molar-refractivity contribution < 1.29 is 4.39 Å². The van der Waals surface area contributed by atoms with Gasteiger partial charge in [-0.2, -0.15) is 10.2 Å². The van der Waals surface area contributed by atoms with Crippen molar-refractivity contribution in [1.82, 2.24) is 24.9 Å². The van der Waals surface area contributed by atoms with Crippen LogP contribution >= 0.6 is 0 Å². The first kappa shape index (κ1) is 17.0. The highest BCUT2D eigenvalue weighted by Crippen LogP contribution is 2.33. The Balaban J connectivity index is 1.50. The number of aromatic nitrogens is 4. The lowest BCUT2D eigenvalue weighted by Gasteiger charge is -2.32. The Morgan fingerprint density at radius 1 is 1.23 bits per heavy atom. The Morgan fingerprint density at radius 2 is 2.08 bits per heavy atom. The predicted octanol–water partition coefficient (Wildman–Crippen LogP) is 3.81. The molecular weight excluding hydrogens is 329 g/mol. The van der Waals surface area contributed by atoms with Crippen molar-refractivity contribution in [3.8, 4) is 11.1 Å². The van der Waals surface area contributed by atoms with Crippen LogP contribution in [0.1, 0.15) is 36.9 Å². The van der Waals surface area contributed by atoms with Crippen LogP contribution in [0.25, 0.3) is 11.1 Å². The summed E-state index contributed by atoms with van der Waals surface area (Å²) in [6, 6.07) is 6.65. The smallest absolute Gasteiger partial charge is 0.123 e. The zero-order valence-corrected chi connectivity index (χ0v) is 15.0. The molecule has 0 saturated carbocycles. The monoisotopic (exact) mass is 353 g/mol. The Labute approximate surface area is 152 Å². The van der Waals surface area contributed by atoms with Crippen LogP contribution < -0.4 is 0 Å². The van der Waals surface area contributed by atoms with Crippen LogP contribution in [0, 0.1) is 5.82 Å². The molecule has 0 spiro atoms. The highest BCUT2D eigenvalue weighted by atomic mass is 19.1. The number of nitrogens with zero attached hydrogens (tertiary/aromatic N) is 4. The van der Waals surface area contributed by atoms with Crippen molar-refractivity contribution >= 4 is 0 Å². The fraction of sp³-hybridized carbons (Fsp3) is 0.400. The molecule has 1 aliphatic rings. The third-order valence-electron chi connectivity index (χ3n) is 5.15. The van der Waals surface area contributed by atoms with Gasteiger partial charge in [0, 0.05) is 48.6 Å². The Morgan fingerprint density at radius 3 is 2.85 bits per heavy atom. The van der Waals surface area contributed by atoms with E-state index in [0.29, 0.717) is 5.92 Å². The van der Waals surface area contributed by atoms with Crippen LogP contribution in [-0.4, -0.2) is 38.0 Å². The molecule has 0 bridgehead atoms. The minimum Gasteiger partial charge on any atom is -0.298 e. The van der Waals surface area contributed by atoms with Gasteiger partial charge in [-0.3, -0.25) is 14.7 Å². The van der Waals surface area contributed by atoms with Gasteiger partial charge in [0.25, 0.3) is 0 Å². The molecular formula is C20H24FN5. The number of halogens is 1. The summed E-state index contributed by atoms with van der Waals surface area (Å²) < 4.78 is 15.2. The molecule has 136 valence electrons. The Hall–Kier alpha value is -2.47. The summed E-state index contributed by atoms with van der Waals surface area (Å²) in [6.45, 7) is 6.03. The summed E-state index contributed by atoms with van der Waals surface area (Å²) in [5.74, 6) is 0.197. The zero-order valence-electron chi connectivity index (χ0n) is 15.0. The highest BCUT2D eigenvalue weighted by Gasteiger charge is 2.25. The molecule has 1 aliphatic heterocycles. The maximum atomic E-state index is 13.2. The molecule has 0 radical (unpaired) electrons. The van der Waals surface area contributed by atoms with Gasteiger partial charge in [-0.05, 0) is 44.0 Å². The van der Waals surface area contributed by atoms with Crippen molar-refractivity contribution in [2.45, 2.75) is 38.8 Å². The molecule has 3 aromatic rings. The molecule has 1 atom stereocenters. The summed E-state index contributed by atoms with van der Waals surface area (Å²) in [5.41, 5.74) is 4.51. The molecule has 1 aromatic carbocycles. The largest absolute Gasteiger partial charge is 0.298 e. The summed E-state index contributed by atoms with van der Waals surface area (Å²) in [5, 5.41) is 11.8. The lowest BCUT2D eigenvalue weighted by molar-refractivity contribution is 0.198. The van der Waals surface area contributed by atoms with Crippen molar-refractivity contribution in [2.24, 2.45) is 0 Å². The van der Waals surface area contributed by atoms with E-state index in [0.717, 1.165) is 55.8 Å². The maximum absolute atomic E-state index is 13.2. The van der Waals surface area contributed by atoms with E-state index in [9.17, 15) is 4.39 Å². The van der Waals surface area contributed by atoms with Gasteiger partial charge in [0.1, 0.15) is 5.82 Å². The second-order valence-electron chi connectivity index (χ2n) is 6.98. The van der Waals surface area contributed by atoms with Crippen LogP contribution in [0.3, 0.4) is 0 Å².